The monoisotopic (exact) mass is 280 g/mol. The number of aryl methyl sites for hydroxylation is 1. The summed E-state index contributed by atoms with van der Waals surface area (Å²) in [6.45, 7) is 1.81. The molecule has 0 aliphatic carbocycles. The zero-order valence-electron chi connectivity index (χ0n) is 10.1. The largest absolute Gasteiger partial charge is 0.484 e. The van der Waals surface area contributed by atoms with Crippen molar-refractivity contribution in [2.24, 2.45) is 0 Å². The second-order valence-corrected chi connectivity index (χ2v) is 3.93. The van der Waals surface area contributed by atoms with E-state index in [1.807, 2.05) is 0 Å². The van der Waals surface area contributed by atoms with Crippen LogP contribution in [0.5, 0.6) is 5.75 Å². The molecule has 2 rings (SSSR count). The van der Waals surface area contributed by atoms with Gasteiger partial charge in [0.25, 0.3) is 0 Å². The van der Waals surface area contributed by atoms with Gasteiger partial charge in [-0.05, 0) is 25.1 Å². The fourth-order valence-electron chi connectivity index (χ4n) is 1.35. The van der Waals surface area contributed by atoms with Gasteiger partial charge in [0.2, 0.25) is 0 Å². The Morgan fingerprint density at radius 2 is 2.26 bits per heavy atom. The lowest BCUT2D eigenvalue weighted by atomic mass is 10.2. The Kier molecular flexibility index (Phi) is 4.37. The lowest BCUT2D eigenvalue weighted by molar-refractivity contribution is 0.262. The Bertz CT molecular complexity index is 631. The summed E-state index contributed by atoms with van der Waals surface area (Å²) in [5, 5.41) is 7.27. The van der Waals surface area contributed by atoms with Gasteiger partial charge in [0.1, 0.15) is 18.0 Å². The van der Waals surface area contributed by atoms with Crippen molar-refractivity contribution in [3.8, 4) is 17.6 Å². The first-order chi connectivity index (χ1) is 9.20. The van der Waals surface area contributed by atoms with Crippen molar-refractivity contribution in [1.82, 2.24) is 10.3 Å². The molecule has 98 valence electrons. The van der Waals surface area contributed by atoms with E-state index in [-0.39, 0.29) is 18.2 Å². The molecule has 0 atom stereocenters. The Balaban J connectivity index is 2.13. The Morgan fingerprint density at radius 1 is 1.42 bits per heavy atom. The van der Waals surface area contributed by atoms with E-state index in [1.54, 1.807) is 13.0 Å². The van der Waals surface area contributed by atoms with E-state index in [4.69, 9.17) is 16.3 Å². The van der Waals surface area contributed by atoms with Crippen LogP contribution in [-0.4, -0.2) is 16.2 Å². The number of hydrogen-bond acceptors (Lipinski definition) is 4. The molecule has 0 saturated heterocycles. The van der Waals surface area contributed by atoms with Crippen LogP contribution in [0.25, 0.3) is 0 Å². The molecule has 4 nitrogen and oxygen atoms in total. The highest BCUT2D eigenvalue weighted by atomic mass is 35.5. The lowest BCUT2D eigenvalue weighted by Gasteiger charge is -2.05. The maximum atomic E-state index is 13.6. The minimum Gasteiger partial charge on any atom is -0.484 e. The molecule has 19 heavy (non-hydrogen) atoms. The topological polar surface area (TPSA) is 48.2 Å². The molecule has 1 aromatic carbocycles. The van der Waals surface area contributed by atoms with E-state index in [0.29, 0.717) is 17.0 Å². The number of rotatable bonds is 3. The molecule has 6 heteroatoms. The molecular formula is C13H10ClFN2O2. The zero-order chi connectivity index (χ0) is 13.7. The lowest BCUT2D eigenvalue weighted by Crippen LogP contribution is -1.99. The molecule has 0 amide bonds. The van der Waals surface area contributed by atoms with Gasteiger partial charge in [-0.15, -0.1) is 11.6 Å². The highest BCUT2D eigenvalue weighted by Gasteiger charge is 2.09. The van der Waals surface area contributed by atoms with Gasteiger partial charge in [-0.25, -0.2) is 9.02 Å². The number of nitrogens with zero attached hydrogens (tertiary/aromatic N) is 2. The molecule has 2 aromatic rings. The summed E-state index contributed by atoms with van der Waals surface area (Å²) in [5.74, 6) is 5.33. The summed E-state index contributed by atoms with van der Waals surface area (Å²) in [7, 11) is 0. The van der Waals surface area contributed by atoms with Gasteiger partial charge in [0.05, 0.1) is 5.88 Å². The number of alkyl halides is 1. The maximum absolute atomic E-state index is 13.6. The molecule has 0 fully saturated rings. The molecule has 0 aliphatic rings. The van der Waals surface area contributed by atoms with Gasteiger partial charge >= 0.3 is 0 Å². The standard InChI is InChI=1S/C13H10ClFN2O2/c1-9-12(17-19-16-9)8-18-13-7-10(3-2-6-14)4-5-11(13)15/h4-5,7H,6,8H2,1H3. The van der Waals surface area contributed by atoms with E-state index >= 15 is 0 Å². The number of aromatic nitrogens is 2. The highest BCUT2D eigenvalue weighted by molar-refractivity contribution is 6.19. The van der Waals surface area contributed by atoms with Crippen LogP contribution in [0.2, 0.25) is 0 Å². The van der Waals surface area contributed by atoms with Gasteiger partial charge in [-0.2, -0.15) is 0 Å². The van der Waals surface area contributed by atoms with Crippen molar-refractivity contribution in [1.29, 1.82) is 0 Å². The van der Waals surface area contributed by atoms with Crippen molar-refractivity contribution < 1.29 is 13.8 Å². The fraction of sp³-hybridized carbons (Fsp3) is 0.231. The molecule has 0 unspecified atom stereocenters. The third-order valence-corrected chi connectivity index (χ3v) is 2.48. The van der Waals surface area contributed by atoms with Gasteiger partial charge < -0.3 is 4.74 Å². The van der Waals surface area contributed by atoms with Crippen molar-refractivity contribution in [3.63, 3.8) is 0 Å². The smallest absolute Gasteiger partial charge is 0.165 e. The highest BCUT2D eigenvalue weighted by Crippen LogP contribution is 2.19. The van der Waals surface area contributed by atoms with E-state index in [2.05, 4.69) is 26.8 Å². The molecular weight excluding hydrogens is 271 g/mol. The van der Waals surface area contributed by atoms with Crippen molar-refractivity contribution in [2.45, 2.75) is 13.5 Å². The third kappa shape index (κ3) is 3.46. The molecule has 0 aliphatic heterocycles. The predicted octanol–water partition coefficient (Wildman–Crippen LogP) is 2.69. The quantitative estimate of drug-likeness (QED) is 0.641. The van der Waals surface area contributed by atoms with Crippen LogP contribution in [-0.2, 0) is 6.61 Å². The number of ether oxygens (including phenoxy) is 1. The zero-order valence-corrected chi connectivity index (χ0v) is 10.9. The summed E-state index contributed by atoms with van der Waals surface area (Å²) < 4.78 is 23.4. The first-order valence-corrected chi connectivity index (χ1v) is 5.99. The molecule has 0 radical (unpaired) electrons. The SMILES string of the molecule is Cc1nonc1COc1cc(C#CCCl)ccc1F. The molecule has 0 saturated carbocycles. The Hall–Kier alpha value is -2.06. The van der Waals surface area contributed by atoms with E-state index in [1.165, 1.54) is 12.1 Å². The normalized spacial score (nSPS) is 9.84. The Labute approximate surface area is 114 Å². The molecule has 0 N–H and O–H groups in total. The van der Waals surface area contributed by atoms with Crippen molar-refractivity contribution >= 4 is 11.6 Å². The van der Waals surface area contributed by atoms with Gasteiger partial charge in [-0.3, -0.25) is 0 Å². The van der Waals surface area contributed by atoms with Crippen molar-refractivity contribution in [2.75, 3.05) is 5.88 Å². The molecule has 0 spiro atoms. The van der Waals surface area contributed by atoms with E-state index in [9.17, 15) is 4.39 Å². The summed E-state index contributed by atoms with van der Waals surface area (Å²) in [4.78, 5) is 0. The predicted molar refractivity (Wildman–Crippen MR) is 67.4 cm³/mol. The second kappa shape index (κ2) is 6.21. The average Bonchev–Trinajstić information content (AvgIpc) is 2.82. The Morgan fingerprint density at radius 3 is 2.95 bits per heavy atom. The van der Waals surface area contributed by atoms with Crippen LogP contribution in [0.15, 0.2) is 22.8 Å². The van der Waals surface area contributed by atoms with Gasteiger partial charge in [-0.1, -0.05) is 22.2 Å². The summed E-state index contributed by atoms with van der Waals surface area (Å²) in [6.07, 6.45) is 0. The van der Waals surface area contributed by atoms with Crippen LogP contribution >= 0.6 is 11.6 Å². The first-order valence-electron chi connectivity index (χ1n) is 5.46. The van der Waals surface area contributed by atoms with Crippen molar-refractivity contribution in [3.05, 3.63) is 41.0 Å². The minimum absolute atomic E-state index is 0.0820. The van der Waals surface area contributed by atoms with E-state index < -0.39 is 5.82 Å². The molecule has 0 bridgehead atoms. The number of hydrogen-bond donors (Lipinski definition) is 0. The number of benzene rings is 1. The van der Waals surface area contributed by atoms with Gasteiger partial charge in [0, 0.05) is 5.56 Å². The van der Waals surface area contributed by atoms with Crippen LogP contribution in [0, 0.1) is 24.6 Å². The van der Waals surface area contributed by atoms with Crippen LogP contribution in [0.4, 0.5) is 4.39 Å². The third-order valence-electron chi connectivity index (χ3n) is 2.34. The average molecular weight is 281 g/mol. The maximum Gasteiger partial charge on any atom is 0.165 e. The van der Waals surface area contributed by atoms with Crippen LogP contribution < -0.4 is 4.74 Å². The molecule has 1 aromatic heterocycles. The first kappa shape index (κ1) is 13.4. The van der Waals surface area contributed by atoms with Crippen LogP contribution in [0.3, 0.4) is 0 Å². The van der Waals surface area contributed by atoms with E-state index in [0.717, 1.165) is 0 Å². The fourth-order valence-corrected chi connectivity index (χ4v) is 1.42. The summed E-state index contributed by atoms with van der Waals surface area (Å²) in [6, 6.07) is 4.36. The minimum atomic E-state index is -0.467. The molecule has 1 heterocycles. The van der Waals surface area contributed by atoms with Crippen LogP contribution in [0.1, 0.15) is 17.0 Å². The summed E-state index contributed by atoms with van der Waals surface area (Å²) >= 11 is 5.46. The second-order valence-electron chi connectivity index (χ2n) is 3.67. The number of halogens is 2. The summed E-state index contributed by atoms with van der Waals surface area (Å²) in [5.41, 5.74) is 1.77. The van der Waals surface area contributed by atoms with Gasteiger partial charge in [0.15, 0.2) is 11.6 Å².